The molecule has 0 aliphatic rings. The Labute approximate surface area is 201 Å². The van der Waals surface area contributed by atoms with Crippen molar-refractivity contribution < 1.29 is 13.2 Å². The Morgan fingerprint density at radius 1 is 0.824 bits per heavy atom. The summed E-state index contributed by atoms with van der Waals surface area (Å²) in [6.45, 7) is 5.70. The van der Waals surface area contributed by atoms with E-state index in [1.165, 1.54) is 4.31 Å². The number of amides is 1. The smallest absolute Gasteiger partial charge is 0.264 e. The first kappa shape index (κ1) is 23.5. The lowest BCUT2D eigenvalue weighted by molar-refractivity contribution is -0.119. The van der Waals surface area contributed by atoms with Crippen LogP contribution < -0.4 is 9.62 Å². The quantitative estimate of drug-likeness (QED) is 0.398. The first-order valence-corrected chi connectivity index (χ1v) is 12.6. The third-order valence-electron chi connectivity index (χ3n) is 6.10. The molecular weight excluding hydrogens is 444 g/mol. The fourth-order valence-electron chi connectivity index (χ4n) is 3.97. The van der Waals surface area contributed by atoms with Gasteiger partial charge in [0.15, 0.2) is 0 Å². The van der Waals surface area contributed by atoms with Crippen molar-refractivity contribution in [2.75, 3.05) is 10.8 Å². The van der Waals surface area contributed by atoms with Crippen molar-refractivity contribution in [2.45, 2.75) is 32.2 Å². The first-order chi connectivity index (χ1) is 16.3. The second-order valence-corrected chi connectivity index (χ2v) is 10.3. The molecule has 0 saturated carbocycles. The average Bonchev–Trinajstić information content (AvgIpc) is 2.83. The molecule has 34 heavy (non-hydrogen) atoms. The van der Waals surface area contributed by atoms with Crippen molar-refractivity contribution in [3.05, 3.63) is 107 Å². The van der Waals surface area contributed by atoms with Gasteiger partial charge in [0.2, 0.25) is 5.91 Å². The molecule has 0 aliphatic heterocycles. The number of fused-ring (bicyclic) bond motifs is 1. The zero-order chi connectivity index (χ0) is 24.3. The minimum Gasteiger partial charge on any atom is -0.350 e. The molecule has 4 aromatic rings. The minimum absolute atomic E-state index is 0.154. The Kier molecular flexibility index (Phi) is 6.70. The predicted octanol–water partition coefficient (Wildman–Crippen LogP) is 5.28. The number of carbonyl (C=O) groups excluding carboxylic acids is 1. The highest BCUT2D eigenvalue weighted by Crippen LogP contribution is 2.28. The van der Waals surface area contributed by atoms with Crippen LogP contribution in [0, 0.1) is 20.8 Å². The van der Waals surface area contributed by atoms with Crippen LogP contribution in [0.25, 0.3) is 10.8 Å². The molecule has 0 spiro atoms. The van der Waals surface area contributed by atoms with Crippen molar-refractivity contribution in [3.63, 3.8) is 0 Å². The Bertz CT molecular complexity index is 1440. The maximum Gasteiger partial charge on any atom is 0.264 e. The second-order valence-electron chi connectivity index (χ2n) is 8.46. The average molecular weight is 473 g/mol. The molecule has 0 aliphatic carbocycles. The molecule has 0 bridgehead atoms. The van der Waals surface area contributed by atoms with E-state index in [1.54, 1.807) is 30.3 Å². The highest BCUT2D eigenvalue weighted by Gasteiger charge is 2.28. The fraction of sp³-hybridized carbons (Fsp3) is 0.179. The summed E-state index contributed by atoms with van der Waals surface area (Å²) in [4.78, 5) is 13.2. The molecule has 1 amide bonds. The van der Waals surface area contributed by atoms with E-state index in [0.29, 0.717) is 12.2 Å². The normalized spacial score (nSPS) is 11.4. The summed E-state index contributed by atoms with van der Waals surface area (Å²) < 4.78 is 28.5. The van der Waals surface area contributed by atoms with Gasteiger partial charge in [-0.1, -0.05) is 72.3 Å². The van der Waals surface area contributed by atoms with Crippen LogP contribution in [-0.2, 0) is 21.4 Å². The van der Waals surface area contributed by atoms with Gasteiger partial charge in [0, 0.05) is 6.54 Å². The van der Waals surface area contributed by atoms with E-state index in [0.717, 1.165) is 33.0 Å². The van der Waals surface area contributed by atoms with Gasteiger partial charge in [-0.15, -0.1) is 0 Å². The van der Waals surface area contributed by atoms with E-state index in [1.807, 2.05) is 75.4 Å². The monoisotopic (exact) mass is 472 g/mol. The predicted molar refractivity (Wildman–Crippen MR) is 137 cm³/mol. The van der Waals surface area contributed by atoms with Crippen LogP contribution in [0.3, 0.4) is 0 Å². The number of benzene rings is 4. The number of anilines is 1. The summed E-state index contributed by atoms with van der Waals surface area (Å²) in [5.74, 6) is -0.371. The molecule has 5 nitrogen and oxygen atoms in total. The number of hydrogen-bond donors (Lipinski definition) is 1. The van der Waals surface area contributed by atoms with Crippen LogP contribution in [0.1, 0.15) is 22.3 Å². The molecule has 0 radical (unpaired) electrons. The van der Waals surface area contributed by atoms with E-state index < -0.39 is 10.0 Å². The Hall–Kier alpha value is -3.64. The molecule has 0 aromatic heterocycles. The molecular formula is C28H28N2O3S. The number of carbonyl (C=O) groups is 1. The van der Waals surface area contributed by atoms with Crippen molar-refractivity contribution in [2.24, 2.45) is 0 Å². The van der Waals surface area contributed by atoms with Gasteiger partial charge in [0.25, 0.3) is 10.0 Å². The Balaban J connectivity index is 1.63. The van der Waals surface area contributed by atoms with E-state index in [4.69, 9.17) is 0 Å². The van der Waals surface area contributed by atoms with Gasteiger partial charge in [-0.25, -0.2) is 8.42 Å². The third-order valence-corrected chi connectivity index (χ3v) is 7.87. The van der Waals surface area contributed by atoms with Crippen LogP contribution in [0.15, 0.2) is 89.8 Å². The van der Waals surface area contributed by atoms with E-state index in [-0.39, 0.29) is 17.3 Å². The standard InChI is InChI=1S/C28H28N2O3S/c1-20-14-16-25(17-15-20)34(32,33)30(27-13-6-8-21(2)22(27)3)19-28(31)29-18-24-11-7-10-23-9-4-5-12-26(23)24/h4-17H,18-19H2,1-3H3,(H,29,31). The largest absolute Gasteiger partial charge is 0.350 e. The highest BCUT2D eigenvalue weighted by atomic mass is 32.2. The van der Waals surface area contributed by atoms with Crippen LogP contribution in [-0.4, -0.2) is 20.9 Å². The number of aryl methyl sites for hydroxylation is 2. The van der Waals surface area contributed by atoms with Crippen LogP contribution in [0.4, 0.5) is 5.69 Å². The summed E-state index contributed by atoms with van der Waals surface area (Å²) in [5.41, 5.74) is 4.22. The number of hydrogen-bond acceptors (Lipinski definition) is 3. The van der Waals surface area contributed by atoms with Gasteiger partial charge in [0.05, 0.1) is 10.6 Å². The molecule has 6 heteroatoms. The zero-order valence-corrected chi connectivity index (χ0v) is 20.4. The van der Waals surface area contributed by atoms with Gasteiger partial charge < -0.3 is 5.32 Å². The van der Waals surface area contributed by atoms with E-state index in [9.17, 15) is 13.2 Å². The molecule has 0 unspecified atom stereocenters. The molecule has 4 rings (SSSR count). The van der Waals surface area contributed by atoms with Crippen molar-refractivity contribution in [1.82, 2.24) is 5.32 Å². The van der Waals surface area contributed by atoms with Crippen LogP contribution in [0.2, 0.25) is 0 Å². The second kappa shape index (κ2) is 9.69. The number of nitrogens with one attached hydrogen (secondary N) is 1. The lowest BCUT2D eigenvalue weighted by Gasteiger charge is -2.26. The number of nitrogens with zero attached hydrogens (tertiary/aromatic N) is 1. The van der Waals surface area contributed by atoms with Crippen molar-refractivity contribution in [3.8, 4) is 0 Å². The molecule has 0 fully saturated rings. The lowest BCUT2D eigenvalue weighted by atomic mass is 10.0. The molecule has 0 saturated heterocycles. The van der Waals surface area contributed by atoms with Crippen molar-refractivity contribution in [1.29, 1.82) is 0 Å². The zero-order valence-electron chi connectivity index (χ0n) is 19.6. The van der Waals surface area contributed by atoms with Gasteiger partial charge in [-0.3, -0.25) is 9.10 Å². The minimum atomic E-state index is -3.95. The Morgan fingerprint density at radius 3 is 2.26 bits per heavy atom. The van der Waals surface area contributed by atoms with E-state index >= 15 is 0 Å². The number of sulfonamides is 1. The molecule has 4 aromatic carbocycles. The molecule has 0 atom stereocenters. The summed E-state index contributed by atoms with van der Waals surface area (Å²) in [6.07, 6.45) is 0. The van der Waals surface area contributed by atoms with Crippen LogP contribution in [0.5, 0.6) is 0 Å². The maximum absolute atomic E-state index is 13.6. The van der Waals surface area contributed by atoms with Crippen molar-refractivity contribution >= 4 is 32.4 Å². The summed E-state index contributed by atoms with van der Waals surface area (Å²) in [5, 5.41) is 5.06. The summed E-state index contributed by atoms with van der Waals surface area (Å²) >= 11 is 0. The van der Waals surface area contributed by atoms with Crippen LogP contribution >= 0.6 is 0 Å². The van der Waals surface area contributed by atoms with Gasteiger partial charge in [0.1, 0.15) is 6.54 Å². The SMILES string of the molecule is Cc1ccc(S(=O)(=O)N(CC(=O)NCc2cccc3ccccc23)c2cccc(C)c2C)cc1. The van der Waals surface area contributed by atoms with Gasteiger partial charge in [-0.2, -0.15) is 0 Å². The highest BCUT2D eigenvalue weighted by molar-refractivity contribution is 7.92. The number of rotatable bonds is 7. The van der Waals surface area contributed by atoms with E-state index in [2.05, 4.69) is 5.32 Å². The molecule has 1 N–H and O–H groups in total. The fourth-order valence-corrected chi connectivity index (χ4v) is 5.45. The Morgan fingerprint density at radius 2 is 1.50 bits per heavy atom. The summed E-state index contributed by atoms with van der Waals surface area (Å²) in [7, 11) is -3.95. The van der Waals surface area contributed by atoms with Gasteiger partial charge in [-0.05, 0) is 66.4 Å². The lowest BCUT2D eigenvalue weighted by Crippen LogP contribution is -2.41. The summed E-state index contributed by atoms with van der Waals surface area (Å²) in [6, 6.07) is 26.1. The molecule has 0 heterocycles. The topological polar surface area (TPSA) is 66.5 Å². The van der Waals surface area contributed by atoms with Gasteiger partial charge >= 0.3 is 0 Å². The first-order valence-electron chi connectivity index (χ1n) is 11.2. The maximum atomic E-state index is 13.6. The molecule has 174 valence electrons. The third kappa shape index (κ3) is 4.82.